The van der Waals surface area contributed by atoms with Gasteiger partial charge in [0, 0.05) is 27.6 Å². The summed E-state index contributed by atoms with van der Waals surface area (Å²) in [6.45, 7) is 0. The highest BCUT2D eigenvalue weighted by molar-refractivity contribution is 7.80. The predicted molar refractivity (Wildman–Crippen MR) is 77.3 cm³/mol. The van der Waals surface area contributed by atoms with Gasteiger partial charge in [-0.2, -0.15) is 0 Å². The molecule has 1 heterocycles. The van der Waals surface area contributed by atoms with Gasteiger partial charge in [0.15, 0.2) is 5.43 Å². The maximum atomic E-state index is 12.1. The number of hydrogen-bond acceptors (Lipinski definition) is 2. The van der Waals surface area contributed by atoms with E-state index in [9.17, 15) is 4.79 Å². The van der Waals surface area contributed by atoms with Crippen LogP contribution in [-0.2, 0) is 0 Å². The maximum absolute atomic E-state index is 12.1. The van der Waals surface area contributed by atoms with Gasteiger partial charge in [-0.1, -0.05) is 30.3 Å². The van der Waals surface area contributed by atoms with Crippen molar-refractivity contribution in [3.8, 4) is 11.3 Å². The van der Waals surface area contributed by atoms with Crippen molar-refractivity contribution in [1.29, 1.82) is 0 Å². The molecule has 3 aromatic rings. The van der Waals surface area contributed by atoms with Crippen molar-refractivity contribution < 1.29 is 0 Å². The van der Waals surface area contributed by atoms with Crippen LogP contribution in [0.1, 0.15) is 0 Å². The maximum Gasteiger partial charge on any atom is 0.190 e. The molecule has 3 rings (SSSR count). The molecule has 0 aliphatic carbocycles. The first-order chi connectivity index (χ1) is 8.74. The Morgan fingerprint density at radius 2 is 1.72 bits per heavy atom. The van der Waals surface area contributed by atoms with Crippen LogP contribution in [0.15, 0.2) is 64.3 Å². The smallest absolute Gasteiger partial charge is 0.190 e. The molecule has 3 heteroatoms. The monoisotopic (exact) mass is 253 g/mol. The van der Waals surface area contributed by atoms with Crippen molar-refractivity contribution >= 4 is 23.5 Å². The molecule has 0 saturated heterocycles. The van der Waals surface area contributed by atoms with Crippen molar-refractivity contribution in [2.45, 2.75) is 4.90 Å². The van der Waals surface area contributed by atoms with Gasteiger partial charge in [0.05, 0.1) is 0 Å². The van der Waals surface area contributed by atoms with E-state index in [0.29, 0.717) is 5.39 Å². The van der Waals surface area contributed by atoms with E-state index < -0.39 is 0 Å². The Morgan fingerprint density at radius 1 is 0.944 bits per heavy atom. The summed E-state index contributed by atoms with van der Waals surface area (Å²) >= 11 is 4.25. The zero-order valence-corrected chi connectivity index (χ0v) is 10.4. The normalized spacial score (nSPS) is 10.7. The fraction of sp³-hybridized carbons (Fsp3) is 0. The van der Waals surface area contributed by atoms with Gasteiger partial charge in [-0.15, -0.1) is 12.6 Å². The summed E-state index contributed by atoms with van der Waals surface area (Å²) in [4.78, 5) is 16.1. The molecule has 88 valence electrons. The van der Waals surface area contributed by atoms with Crippen LogP contribution < -0.4 is 5.43 Å². The number of fused-ring (bicyclic) bond motifs is 1. The molecule has 0 aliphatic heterocycles. The molecule has 0 aliphatic rings. The lowest BCUT2D eigenvalue weighted by atomic mass is 10.1. The molecule has 1 N–H and O–H groups in total. The van der Waals surface area contributed by atoms with E-state index in [-0.39, 0.29) is 5.43 Å². The third-order valence-corrected chi connectivity index (χ3v) is 3.18. The molecular weight excluding hydrogens is 242 g/mol. The molecule has 0 unspecified atom stereocenters. The van der Waals surface area contributed by atoms with Crippen molar-refractivity contribution in [1.82, 2.24) is 4.98 Å². The van der Waals surface area contributed by atoms with E-state index in [2.05, 4.69) is 17.6 Å². The Labute approximate surface area is 110 Å². The average Bonchev–Trinajstić information content (AvgIpc) is 2.40. The average molecular weight is 253 g/mol. The van der Waals surface area contributed by atoms with Crippen LogP contribution in [0.2, 0.25) is 0 Å². The minimum absolute atomic E-state index is 0.0125. The van der Waals surface area contributed by atoms with E-state index >= 15 is 0 Å². The Bertz CT molecular complexity index is 762. The van der Waals surface area contributed by atoms with Crippen LogP contribution in [0, 0.1) is 0 Å². The molecule has 1 aromatic heterocycles. The minimum Gasteiger partial charge on any atom is -0.354 e. The molecule has 0 amide bonds. The first-order valence-corrected chi connectivity index (χ1v) is 6.10. The van der Waals surface area contributed by atoms with E-state index in [1.54, 1.807) is 12.1 Å². The number of thiol groups is 1. The summed E-state index contributed by atoms with van der Waals surface area (Å²) < 4.78 is 0. The van der Waals surface area contributed by atoms with Crippen molar-refractivity contribution in [2.75, 3.05) is 0 Å². The Hall–Kier alpha value is -2.00. The second-order valence-electron chi connectivity index (χ2n) is 4.14. The van der Waals surface area contributed by atoms with Gasteiger partial charge in [-0.05, 0) is 23.8 Å². The molecule has 0 atom stereocenters. The second kappa shape index (κ2) is 4.35. The number of aromatic amines is 1. The van der Waals surface area contributed by atoms with Crippen LogP contribution in [0.5, 0.6) is 0 Å². The summed E-state index contributed by atoms with van der Waals surface area (Å²) in [5.74, 6) is 0. The van der Waals surface area contributed by atoms with Crippen molar-refractivity contribution in [3.63, 3.8) is 0 Å². The highest BCUT2D eigenvalue weighted by Gasteiger charge is 2.04. The van der Waals surface area contributed by atoms with Gasteiger partial charge in [-0.3, -0.25) is 4.79 Å². The quantitative estimate of drug-likeness (QED) is 0.639. The van der Waals surface area contributed by atoms with Gasteiger partial charge in [0.1, 0.15) is 0 Å². The number of H-pyrrole nitrogens is 1. The van der Waals surface area contributed by atoms with Gasteiger partial charge in [0.2, 0.25) is 0 Å². The topological polar surface area (TPSA) is 32.9 Å². The minimum atomic E-state index is 0.0125. The fourth-order valence-corrected chi connectivity index (χ4v) is 2.21. The van der Waals surface area contributed by atoms with Crippen molar-refractivity contribution in [3.05, 3.63) is 64.8 Å². The van der Waals surface area contributed by atoms with E-state index in [1.807, 2.05) is 42.5 Å². The molecule has 18 heavy (non-hydrogen) atoms. The van der Waals surface area contributed by atoms with Crippen molar-refractivity contribution in [2.24, 2.45) is 0 Å². The highest BCUT2D eigenvalue weighted by Crippen LogP contribution is 2.19. The van der Waals surface area contributed by atoms with Crippen LogP contribution in [-0.4, -0.2) is 4.98 Å². The highest BCUT2D eigenvalue weighted by atomic mass is 32.1. The van der Waals surface area contributed by atoms with Crippen LogP contribution in [0.3, 0.4) is 0 Å². The molecule has 0 saturated carbocycles. The third-order valence-electron chi connectivity index (χ3n) is 2.90. The summed E-state index contributed by atoms with van der Waals surface area (Å²) in [6.07, 6.45) is 0. The third kappa shape index (κ3) is 1.93. The first kappa shape index (κ1) is 11.1. The number of hydrogen-bond donors (Lipinski definition) is 2. The predicted octanol–water partition coefficient (Wildman–Crippen LogP) is 3.48. The summed E-state index contributed by atoms with van der Waals surface area (Å²) in [6, 6.07) is 17.0. The van der Waals surface area contributed by atoms with Crippen LogP contribution in [0.4, 0.5) is 0 Å². The SMILES string of the molecule is O=c1cc(-c2ccccc2)[nH]c2ccc(S)cc12. The summed E-state index contributed by atoms with van der Waals surface area (Å²) in [5, 5.41) is 0.669. The van der Waals surface area contributed by atoms with Crippen LogP contribution in [0.25, 0.3) is 22.2 Å². The zero-order chi connectivity index (χ0) is 12.5. The van der Waals surface area contributed by atoms with Crippen LogP contribution >= 0.6 is 12.6 Å². The number of pyridine rings is 1. The van der Waals surface area contributed by atoms with Gasteiger partial charge in [-0.25, -0.2) is 0 Å². The second-order valence-corrected chi connectivity index (χ2v) is 4.66. The molecule has 0 radical (unpaired) electrons. The number of nitrogens with one attached hydrogen (secondary N) is 1. The largest absolute Gasteiger partial charge is 0.354 e. The number of aromatic nitrogens is 1. The standard InChI is InChI=1S/C15H11NOS/c17-15-9-14(10-4-2-1-3-5-10)16-13-7-6-11(18)8-12(13)15/h1-9,18H,(H,16,17). The summed E-state index contributed by atoms with van der Waals surface area (Å²) in [7, 11) is 0. The lowest BCUT2D eigenvalue weighted by molar-refractivity contribution is 1.36. The fourth-order valence-electron chi connectivity index (χ4n) is 2.01. The Morgan fingerprint density at radius 3 is 2.50 bits per heavy atom. The molecule has 0 fully saturated rings. The van der Waals surface area contributed by atoms with Gasteiger partial charge < -0.3 is 4.98 Å². The molecule has 0 bridgehead atoms. The zero-order valence-electron chi connectivity index (χ0n) is 9.55. The van der Waals surface area contributed by atoms with E-state index in [1.165, 1.54) is 0 Å². The molecule has 2 aromatic carbocycles. The van der Waals surface area contributed by atoms with E-state index in [0.717, 1.165) is 21.7 Å². The molecular formula is C15H11NOS. The van der Waals surface area contributed by atoms with Gasteiger partial charge in [0.25, 0.3) is 0 Å². The lowest BCUT2D eigenvalue weighted by Crippen LogP contribution is -2.02. The first-order valence-electron chi connectivity index (χ1n) is 5.65. The number of benzene rings is 2. The summed E-state index contributed by atoms with van der Waals surface area (Å²) in [5.41, 5.74) is 2.68. The Kier molecular flexibility index (Phi) is 2.68. The molecule has 2 nitrogen and oxygen atoms in total. The Balaban J connectivity index is 2.29. The van der Waals surface area contributed by atoms with Gasteiger partial charge >= 0.3 is 0 Å². The van der Waals surface area contributed by atoms with E-state index in [4.69, 9.17) is 0 Å². The number of rotatable bonds is 1. The molecule has 0 spiro atoms. The lowest BCUT2D eigenvalue weighted by Gasteiger charge is -2.04.